The number of carbonyl (C=O) groups excluding carboxylic acids is 2. The van der Waals surface area contributed by atoms with Gasteiger partial charge in [-0.25, -0.2) is 4.79 Å². The first kappa shape index (κ1) is 48.9. The van der Waals surface area contributed by atoms with Crippen molar-refractivity contribution < 1.29 is 24.2 Å². The van der Waals surface area contributed by atoms with Crippen LogP contribution in [0.25, 0.3) is 0 Å². The van der Waals surface area contributed by atoms with Crippen LogP contribution >= 0.6 is 0 Å². The van der Waals surface area contributed by atoms with Gasteiger partial charge in [-0.3, -0.25) is 9.59 Å². The summed E-state index contributed by atoms with van der Waals surface area (Å²) in [4.78, 5) is 36.3. The molecule has 0 rings (SSSR count). The maximum Gasteiger partial charge on any atom is 0.326 e. The molecule has 1 amide bonds. The highest BCUT2D eigenvalue weighted by molar-refractivity contribution is 5.83. The van der Waals surface area contributed by atoms with Crippen LogP contribution in [0.3, 0.4) is 0 Å². The van der Waals surface area contributed by atoms with Crippen LogP contribution in [0.15, 0.2) is 24.3 Å². The lowest BCUT2D eigenvalue weighted by Crippen LogP contribution is -2.40. The molecular formula is C44H82N2O5. The zero-order valence-corrected chi connectivity index (χ0v) is 33.5. The fourth-order valence-corrected chi connectivity index (χ4v) is 6.49. The second-order valence-electron chi connectivity index (χ2n) is 14.8. The van der Waals surface area contributed by atoms with Gasteiger partial charge in [-0.1, -0.05) is 154 Å². The number of allylic oxidation sites excluding steroid dienone is 4. The van der Waals surface area contributed by atoms with E-state index in [2.05, 4.69) is 43.5 Å². The van der Waals surface area contributed by atoms with E-state index in [1.54, 1.807) is 0 Å². The average Bonchev–Trinajstić information content (AvgIpc) is 3.11. The van der Waals surface area contributed by atoms with Gasteiger partial charge in [-0.05, 0) is 83.6 Å². The number of carboxylic acids is 1. The van der Waals surface area contributed by atoms with Crippen LogP contribution in [0.2, 0.25) is 0 Å². The standard InChI is InChI=1S/C44H82N2O5/c1-3-5-7-9-11-13-15-16-17-19-21-23-28-32-38-43(48)51-40(34-29-25-22-20-18-14-12-10-8-6-4-2)35-30-26-24-27-31-37-42(47)46-41(44(49)50)36-33-39-45/h12,14,20,22,40-41H,3-11,13,15-19,21,23-39,45H2,1-2H3,(H,46,47)(H,49,50)/b14-12-,22-20-. The van der Waals surface area contributed by atoms with Gasteiger partial charge in [-0.2, -0.15) is 0 Å². The van der Waals surface area contributed by atoms with Crippen LogP contribution in [-0.4, -0.2) is 41.6 Å². The topological polar surface area (TPSA) is 119 Å². The Morgan fingerprint density at radius 1 is 0.569 bits per heavy atom. The molecule has 0 aromatic carbocycles. The molecule has 0 saturated carbocycles. The number of hydrogen-bond acceptors (Lipinski definition) is 5. The fourth-order valence-electron chi connectivity index (χ4n) is 6.49. The molecule has 0 saturated heterocycles. The Morgan fingerprint density at radius 3 is 1.59 bits per heavy atom. The third kappa shape index (κ3) is 36.0. The van der Waals surface area contributed by atoms with E-state index in [0.717, 1.165) is 77.0 Å². The van der Waals surface area contributed by atoms with E-state index in [4.69, 9.17) is 10.5 Å². The summed E-state index contributed by atoms with van der Waals surface area (Å²) < 4.78 is 6.02. The summed E-state index contributed by atoms with van der Waals surface area (Å²) >= 11 is 0. The smallest absolute Gasteiger partial charge is 0.326 e. The molecule has 0 aliphatic rings. The van der Waals surface area contributed by atoms with Crippen LogP contribution < -0.4 is 11.1 Å². The average molecular weight is 719 g/mol. The van der Waals surface area contributed by atoms with Crippen molar-refractivity contribution in [3.05, 3.63) is 24.3 Å². The molecular weight excluding hydrogens is 636 g/mol. The lowest BCUT2D eigenvalue weighted by atomic mass is 10.0. The number of carboxylic acid groups (broad SMARTS) is 1. The van der Waals surface area contributed by atoms with Gasteiger partial charge in [0.15, 0.2) is 0 Å². The van der Waals surface area contributed by atoms with Crippen molar-refractivity contribution in [2.75, 3.05) is 6.54 Å². The number of rotatable bonds is 39. The van der Waals surface area contributed by atoms with Crippen molar-refractivity contribution in [1.82, 2.24) is 5.32 Å². The Morgan fingerprint density at radius 2 is 1.04 bits per heavy atom. The zero-order chi connectivity index (χ0) is 37.5. The van der Waals surface area contributed by atoms with Gasteiger partial charge < -0.3 is 20.9 Å². The van der Waals surface area contributed by atoms with E-state index in [1.807, 2.05) is 0 Å². The quantitative estimate of drug-likeness (QED) is 0.0331. The van der Waals surface area contributed by atoms with Crippen molar-refractivity contribution in [2.45, 2.75) is 231 Å². The van der Waals surface area contributed by atoms with Crippen molar-refractivity contribution in [3.8, 4) is 0 Å². The SMILES string of the molecule is CCCCC/C=C\C/C=C\CCCC(CCCCCCCC(=O)NC(CCCN)C(=O)O)OC(=O)CCCCCCCCCCCCCCCC. The second-order valence-corrected chi connectivity index (χ2v) is 14.8. The lowest BCUT2D eigenvalue weighted by Gasteiger charge is -2.18. The van der Waals surface area contributed by atoms with Gasteiger partial charge in [0.2, 0.25) is 5.91 Å². The van der Waals surface area contributed by atoms with Crippen LogP contribution in [0, 0.1) is 0 Å². The van der Waals surface area contributed by atoms with Crippen molar-refractivity contribution in [1.29, 1.82) is 0 Å². The number of ether oxygens (including phenoxy) is 1. The minimum Gasteiger partial charge on any atom is -0.480 e. The highest BCUT2D eigenvalue weighted by Crippen LogP contribution is 2.18. The van der Waals surface area contributed by atoms with E-state index < -0.39 is 12.0 Å². The fraction of sp³-hybridized carbons (Fsp3) is 0.841. The number of unbranched alkanes of at least 4 members (excludes halogenated alkanes) is 21. The summed E-state index contributed by atoms with van der Waals surface area (Å²) in [6.07, 6.45) is 43.6. The number of hydrogen-bond donors (Lipinski definition) is 3. The number of nitrogens with one attached hydrogen (secondary N) is 1. The predicted octanol–water partition coefficient (Wildman–Crippen LogP) is 12.1. The second kappa shape index (κ2) is 39.1. The highest BCUT2D eigenvalue weighted by atomic mass is 16.5. The van der Waals surface area contributed by atoms with E-state index in [1.165, 1.54) is 103 Å². The number of carbonyl (C=O) groups is 3. The van der Waals surface area contributed by atoms with E-state index in [9.17, 15) is 19.5 Å². The normalized spacial score (nSPS) is 12.8. The minimum absolute atomic E-state index is 0.0248. The molecule has 0 spiro atoms. The van der Waals surface area contributed by atoms with Gasteiger partial charge in [0.05, 0.1) is 0 Å². The molecule has 298 valence electrons. The number of nitrogens with two attached hydrogens (primary N) is 1. The molecule has 7 heteroatoms. The molecule has 0 aliphatic carbocycles. The Kier molecular flexibility index (Phi) is 37.4. The number of aliphatic carboxylic acids is 1. The minimum atomic E-state index is -1.01. The first-order valence-electron chi connectivity index (χ1n) is 21.7. The molecule has 2 unspecified atom stereocenters. The third-order valence-corrected chi connectivity index (χ3v) is 9.77. The monoisotopic (exact) mass is 719 g/mol. The van der Waals surface area contributed by atoms with Gasteiger partial charge in [-0.15, -0.1) is 0 Å². The summed E-state index contributed by atoms with van der Waals surface area (Å²) in [6, 6.07) is -0.859. The first-order valence-corrected chi connectivity index (χ1v) is 21.7. The van der Waals surface area contributed by atoms with Crippen LogP contribution in [0.4, 0.5) is 0 Å². The summed E-state index contributed by atoms with van der Waals surface area (Å²) in [7, 11) is 0. The van der Waals surface area contributed by atoms with E-state index in [-0.39, 0.29) is 18.0 Å². The molecule has 0 aromatic rings. The molecule has 0 heterocycles. The maximum atomic E-state index is 12.8. The predicted molar refractivity (Wildman–Crippen MR) is 216 cm³/mol. The third-order valence-electron chi connectivity index (χ3n) is 9.77. The zero-order valence-electron chi connectivity index (χ0n) is 33.5. The van der Waals surface area contributed by atoms with Gasteiger partial charge >= 0.3 is 11.9 Å². The highest BCUT2D eigenvalue weighted by Gasteiger charge is 2.19. The van der Waals surface area contributed by atoms with E-state index >= 15 is 0 Å². The summed E-state index contributed by atoms with van der Waals surface area (Å²) in [5.74, 6) is -1.25. The number of amides is 1. The lowest BCUT2D eigenvalue weighted by molar-refractivity contribution is -0.150. The molecule has 7 nitrogen and oxygen atoms in total. The largest absolute Gasteiger partial charge is 0.480 e. The van der Waals surface area contributed by atoms with Crippen LogP contribution in [-0.2, 0) is 19.1 Å². The van der Waals surface area contributed by atoms with Crippen molar-refractivity contribution in [3.63, 3.8) is 0 Å². The molecule has 2 atom stereocenters. The summed E-state index contributed by atoms with van der Waals surface area (Å²) in [6.45, 7) is 4.92. The maximum absolute atomic E-state index is 12.8. The van der Waals surface area contributed by atoms with Crippen molar-refractivity contribution >= 4 is 17.8 Å². The van der Waals surface area contributed by atoms with Crippen LogP contribution in [0.1, 0.15) is 219 Å². The van der Waals surface area contributed by atoms with Gasteiger partial charge in [0.1, 0.15) is 12.1 Å². The van der Waals surface area contributed by atoms with E-state index in [0.29, 0.717) is 32.2 Å². The molecule has 51 heavy (non-hydrogen) atoms. The van der Waals surface area contributed by atoms with Crippen molar-refractivity contribution in [2.24, 2.45) is 5.73 Å². The van der Waals surface area contributed by atoms with Crippen LogP contribution in [0.5, 0.6) is 0 Å². The molecule has 0 radical (unpaired) electrons. The summed E-state index contributed by atoms with van der Waals surface area (Å²) in [5, 5.41) is 11.9. The number of esters is 1. The Bertz CT molecular complexity index is 858. The molecule has 0 fully saturated rings. The van der Waals surface area contributed by atoms with Gasteiger partial charge in [0, 0.05) is 12.8 Å². The molecule has 0 bridgehead atoms. The Balaban J connectivity index is 4.34. The molecule has 0 aromatic heterocycles. The van der Waals surface area contributed by atoms with Gasteiger partial charge in [0.25, 0.3) is 0 Å². The Hall–Kier alpha value is -2.15. The molecule has 4 N–H and O–H groups in total. The first-order chi connectivity index (χ1) is 24.9. The summed E-state index contributed by atoms with van der Waals surface area (Å²) in [5.41, 5.74) is 5.48. The Labute approximate surface area is 314 Å². The molecule has 0 aliphatic heterocycles.